The van der Waals surface area contributed by atoms with Crippen LogP contribution >= 0.6 is 11.3 Å². The first-order chi connectivity index (χ1) is 9.76. The van der Waals surface area contributed by atoms with Crippen molar-refractivity contribution in [1.82, 2.24) is 15.5 Å². The summed E-state index contributed by atoms with van der Waals surface area (Å²) in [5.41, 5.74) is 0. The Morgan fingerprint density at radius 3 is 3.05 bits per heavy atom. The molecule has 2 heterocycles. The second kappa shape index (κ2) is 5.68. The molecule has 0 unspecified atom stereocenters. The molecule has 0 aliphatic carbocycles. The number of hydrogen-bond donors (Lipinski definition) is 1. The molecule has 2 aromatic heterocycles. The van der Waals surface area contributed by atoms with Crippen LogP contribution in [-0.2, 0) is 6.54 Å². The van der Waals surface area contributed by atoms with Gasteiger partial charge in [0.2, 0.25) is 5.89 Å². The van der Waals surface area contributed by atoms with Crippen molar-refractivity contribution in [3.8, 4) is 10.8 Å². The normalized spacial score (nSPS) is 11.3. The highest BCUT2D eigenvalue weighted by Crippen LogP contribution is 2.33. The van der Waals surface area contributed by atoms with E-state index < -0.39 is 0 Å². The third-order valence-electron chi connectivity index (χ3n) is 2.86. The first kappa shape index (κ1) is 13.2. The van der Waals surface area contributed by atoms with Gasteiger partial charge in [0.1, 0.15) is 5.82 Å². The molecular formula is C14H14FN3OS. The number of nitrogens with one attached hydrogen (secondary N) is 1. The summed E-state index contributed by atoms with van der Waals surface area (Å²) in [6, 6.07) is 6.66. The van der Waals surface area contributed by atoms with E-state index in [9.17, 15) is 4.39 Å². The molecule has 3 rings (SSSR count). The molecule has 20 heavy (non-hydrogen) atoms. The summed E-state index contributed by atoms with van der Waals surface area (Å²) < 4.78 is 19.7. The third-order valence-corrected chi connectivity index (χ3v) is 3.95. The molecule has 0 fully saturated rings. The average molecular weight is 291 g/mol. The van der Waals surface area contributed by atoms with E-state index in [1.165, 1.54) is 23.5 Å². The van der Waals surface area contributed by atoms with Crippen LogP contribution in [-0.4, -0.2) is 16.7 Å². The molecule has 0 aliphatic rings. The third kappa shape index (κ3) is 2.71. The lowest BCUT2D eigenvalue weighted by Crippen LogP contribution is -2.13. The molecule has 0 spiro atoms. The van der Waals surface area contributed by atoms with Crippen LogP contribution in [0.3, 0.4) is 0 Å². The van der Waals surface area contributed by atoms with Crippen molar-refractivity contribution < 1.29 is 8.81 Å². The maximum atomic E-state index is 13.2. The summed E-state index contributed by atoms with van der Waals surface area (Å²) in [5, 5.41) is 12.2. The van der Waals surface area contributed by atoms with Crippen LogP contribution in [0.1, 0.15) is 19.2 Å². The largest absolute Gasteiger partial charge is 0.419 e. The van der Waals surface area contributed by atoms with Crippen molar-refractivity contribution >= 4 is 21.4 Å². The van der Waals surface area contributed by atoms with E-state index in [4.69, 9.17) is 4.42 Å². The molecule has 4 nitrogen and oxygen atoms in total. The first-order valence-corrected chi connectivity index (χ1v) is 7.30. The summed E-state index contributed by atoms with van der Waals surface area (Å²) in [5.74, 6) is 0.817. The van der Waals surface area contributed by atoms with Gasteiger partial charge in [0.15, 0.2) is 0 Å². The Morgan fingerprint density at radius 1 is 1.30 bits per heavy atom. The second-order valence-corrected chi connectivity index (χ2v) is 5.55. The Hall–Kier alpha value is -1.79. The van der Waals surface area contributed by atoms with Gasteiger partial charge in [-0.1, -0.05) is 13.0 Å². The van der Waals surface area contributed by atoms with Gasteiger partial charge >= 0.3 is 0 Å². The fourth-order valence-electron chi connectivity index (χ4n) is 1.91. The Balaban J connectivity index is 1.83. The zero-order chi connectivity index (χ0) is 13.9. The quantitative estimate of drug-likeness (QED) is 0.730. The van der Waals surface area contributed by atoms with Gasteiger partial charge in [-0.3, -0.25) is 0 Å². The molecule has 6 heteroatoms. The molecule has 104 valence electrons. The van der Waals surface area contributed by atoms with Crippen LogP contribution in [0, 0.1) is 5.82 Å². The minimum Gasteiger partial charge on any atom is -0.419 e. The SMILES string of the molecule is CCCNCc1nnc(-c2cc3ccc(F)cc3s2)o1. The molecule has 0 atom stereocenters. The minimum absolute atomic E-state index is 0.235. The fourth-order valence-corrected chi connectivity index (χ4v) is 2.92. The van der Waals surface area contributed by atoms with Crippen molar-refractivity contribution in [2.24, 2.45) is 0 Å². The summed E-state index contributed by atoms with van der Waals surface area (Å²) in [6.45, 7) is 3.59. The number of thiophene rings is 1. The smallest absolute Gasteiger partial charge is 0.257 e. The number of hydrogen-bond acceptors (Lipinski definition) is 5. The zero-order valence-corrected chi connectivity index (χ0v) is 11.8. The molecule has 0 amide bonds. The molecule has 1 N–H and O–H groups in total. The van der Waals surface area contributed by atoms with Crippen molar-refractivity contribution in [1.29, 1.82) is 0 Å². The van der Waals surface area contributed by atoms with Crippen molar-refractivity contribution in [3.63, 3.8) is 0 Å². The van der Waals surface area contributed by atoms with Gasteiger partial charge in [-0.25, -0.2) is 4.39 Å². The fraction of sp³-hybridized carbons (Fsp3) is 0.286. The number of halogens is 1. The van der Waals surface area contributed by atoms with Crippen molar-refractivity contribution in [3.05, 3.63) is 36.0 Å². The number of benzene rings is 1. The monoisotopic (exact) mass is 291 g/mol. The van der Waals surface area contributed by atoms with Gasteiger partial charge in [0.05, 0.1) is 11.4 Å². The van der Waals surface area contributed by atoms with E-state index in [0.29, 0.717) is 18.3 Å². The Labute approximate surface area is 119 Å². The highest BCUT2D eigenvalue weighted by Gasteiger charge is 2.12. The van der Waals surface area contributed by atoms with Crippen LogP contribution < -0.4 is 5.32 Å². The predicted octanol–water partition coefficient (Wildman–Crippen LogP) is 3.59. The zero-order valence-electron chi connectivity index (χ0n) is 11.0. The van der Waals surface area contributed by atoms with E-state index in [2.05, 4.69) is 22.4 Å². The summed E-state index contributed by atoms with van der Waals surface area (Å²) in [4.78, 5) is 0.861. The van der Waals surface area contributed by atoms with Gasteiger partial charge in [-0.05, 0) is 36.6 Å². The molecule has 0 saturated carbocycles. The van der Waals surface area contributed by atoms with Crippen LogP contribution in [0.25, 0.3) is 20.9 Å². The number of fused-ring (bicyclic) bond motifs is 1. The standard InChI is InChI=1S/C14H14FN3OS/c1-2-5-16-8-13-17-18-14(19-13)12-6-9-3-4-10(15)7-11(9)20-12/h3-4,6-7,16H,2,5,8H2,1H3. The highest BCUT2D eigenvalue weighted by molar-refractivity contribution is 7.22. The summed E-state index contributed by atoms with van der Waals surface area (Å²) >= 11 is 1.45. The van der Waals surface area contributed by atoms with Gasteiger partial charge in [-0.15, -0.1) is 21.5 Å². The topological polar surface area (TPSA) is 51.0 Å². The van der Waals surface area contributed by atoms with Crippen molar-refractivity contribution in [2.45, 2.75) is 19.9 Å². The van der Waals surface area contributed by atoms with Gasteiger partial charge < -0.3 is 9.73 Å². The second-order valence-electron chi connectivity index (χ2n) is 4.47. The number of rotatable bonds is 5. The van der Waals surface area contributed by atoms with E-state index in [0.717, 1.165) is 27.9 Å². The lowest BCUT2D eigenvalue weighted by Gasteiger charge is -1.96. The van der Waals surface area contributed by atoms with E-state index >= 15 is 0 Å². The average Bonchev–Trinajstić information content (AvgIpc) is 3.04. The molecular weight excluding hydrogens is 277 g/mol. The van der Waals surface area contributed by atoms with E-state index in [1.54, 1.807) is 6.07 Å². The van der Waals surface area contributed by atoms with E-state index in [-0.39, 0.29) is 5.82 Å². The molecule has 0 bridgehead atoms. The van der Waals surface area contributed by atoms with E-state index in [1.807, 2.05) is 6.07 Å². The summed E-state index contributed by atoms with van der Waals surface area (Å²) in [7, 11) is 0. The maximum Gasteiger partial charge on any atom is 0.257 e. The molecule has 3 aromatic rings. The van der Waals surface area contributed by atoms with Crippen LogP contribution in [0.15, 0.2) is 28.7 Å². The molecule has 0 saturated heterocycles. The number of nitrogens with zero attached hydrogens (tertiary/aromatic N) is 2. The molecule has 1 aromatic carbocycles. The van der Waals surface area contributed by atoms with Gasteiger partial charge in [0.25, 0.3) is 5.89 Å². The minimum atomic E-state index is -0.235. The Bertz CT molecular complexity index is 722. The Kier molecular flexibility index (Phi) is 3.75. The van der Waals surface area contributed by atoms with Gasteiger partial charge in [-0.2, -0.15) is 0 Å². The maximum absolute atomic E-state index is 13.2. The van der Waals surface area contributed by atoms with Crippen LogP contribution in [0.2, 0.25) is 0 Å². The predicted molar refractivity (Wildman–Crippen MR) is 77.1 cm³/mol. The first-order valence-electron chi connectivity index (χ1n) is 6.49. The molecule has 0 radical (unpaired) electrons. The van der Waals surface area contributed by atoms with Crippen LogP contribution in [0.5, 0.6) is 0 Å². The lowest BCUT2D eigenvalue weighted by atomic mass is 10.2. The number of aromatic nitrogens is 2. The van der Waals surface area contributed by atoms with Crippen molar-refractivity contribution in [2.75, 3.05) is 6.54 Å². The van der Waals surface area contributed by atoms with Gasteiger partial charge in [0, 0.05) is 4.70 Å². The lowest BCUT2D eigenvalue weighted by molar-refractivity contribution is 0.478. The summed E-state index contributed by atoms with van der Waals surface area (Å²) in [6.07, 6.45) is 1.06. The highest BCUT2D eigenvalue weighted by atomic mass is 32.1. The van der Waals surface area contributed by atoms with Crippen LogP contribution in [0.4, 0.5) is 4.39 Å². The Morgan fingerprint density at radius 2 is 2.20 bits per heavy atom. The molecule has 0 aliphatic heterocycles.